The molecule has 0 bridgehead atoms. The highest BCUT2D eigenvalue weighted by atomic mass is 35.5. The van der Waals surface area contributed by atoms with Crippen LogP contribution in [-0.2, 0) is 29.6 Å². The molecule has 3 rings (SSSR count). The molecule has 0 radical (unpaired) electrons. The van der Waals surface area contributed by atoms with Gasteiger partial charge in [0.2, 0.25) is 0 Å². The molecule has 0 saturated carbocycles. The number of hydrogen-bond acceptors (Lipinski definition) is 4. The molecule has 0 aliphatic carbocycles. The predicted molar refractivity (Wildman–Crippen MR) is 117 cm³/mol. The van der Waals surface area contributed by atoms with E-state index in [0.717, 1.165) is 12.1 Å². The van der Waals surface area contributed by atoms with E-state index in [9.17, 15) is 21.8 Å². The summed E-state index contributed by atoms with van der Waals surface area (Å²) in [6.07, 6.45) is -2.24. The second-order valence-corrected chi connectivity index (χ2v) is 10.9. The summed E-state index contributed by atoms with van der Waals surface area (Å²) in [6.45, 7) is 5.01. The summed E-state index contributed by atoms with van der Waals surface area (Å²) in [5.41, 5.74) is -2.62. The van der Waals surface area contributed by atoms with Gasteiger partial charge in [-0.1, -0.05) is 11.6 Å². The maximum atomic E-state index is 14.5. The van der Waals surface area contributed by atoms with Crippen LogP contribution in [0.25, 0.3) is 0 Å². The van der Waals surface area contributed by atoms with Crippen molar-refractivity contribution in [3.63, 3.8) is 0 Å². The molecule has 2 heterocycles. The molecule has 2 unspecified atom stereocenters. The Morgan fingerprint density at radius 3 is 2.27 bits per heavy atom. The van der Waals surface area contributed by atoms with E-state index < -0.39 is 38.7 Å². The molecule has 6 nitrogen and oxygen atoms in total. The smallest absolute Gasteiger partial charge is 0.258 e. The van der Waals surface area contributed by atoms with Gasteiger partial charge in [-0.2, -0.15) is 18.3 Å². The first-order valence-electron chi connectivity index (χ1n) is 9.75. The van der Waals surface area contributed by atoms with Crippen molar-refractivity contribution < 1.29 is 21.8 Å². The van der Waals surface area contributed by atoms with Crippen LogP contribution in [0.3, 0.4) is 0 Å². The Hall–Kier alpha value is -2.37. The molecule has 0 spiro atoms. The first-order chi connectivity index (χ1) is 15.2. The standard InChI is InChI=1S/C21H22ClF4N5OS/c1-19(2,3)33(32)30-11-20(18-28-12-29-31(18)4,17-6-5-15(22)10-27-17)13-7-14(21(24,25)26)9-16(23)8-13/h5-10,12,30H,11H2,1-4H3. The van der Waals surface area contributed by atoms with Crippen molar-refractivity contribution in [3.8, 4) is 0 Å². The molecule has 2 atom stereocenters. The number of rotatable bonds is 6. The fourth-order valence-electron chi connectivity index (χ4n) is 3.36. The van der Waals surface area contributed by atoms with Gasteiger partial charge in [-0.15, -0.1) is 0 Å². The maximum absolute atomic E-state index is 14.5. The van der Waals surface area contributed by atoms with Crippen LogP contribution < -0.4 is 4.72 Å². The number of aromatic nitrogens is 4. The summed E-state index contributed by atoms with van der Waals surface area (Å²) in [6, 6.07) is 5.27. The normalized spacial score (nSPS) is 15.3. The summed E-state index contributed by atoms with van der Waals surface area (Å²) in [4.78, 5) is 8.59. The van der Waals surface area contributed by atoms with Crippen molar-refractivity contribution in [3.05, 3.63) is 76.3 Å². The number of benzene rings is 1. The van der Waals surface area contributed by atoms with Gasteiger partial charge in [0.25, 0.3) is 0 Å². The topological polar surface area (TPSA) is 72.7 Å². The van der Waals surface area contributed by atoms with Gasteiger partial charge in [0.1, 0.15) is 23.4 Å². The van der Waals surface area contributed by atoms with Crippen molar-refractivity contribution in [2.24, 2.45) is 7.05 Å². The zero-order valence-electron chi connectivity index (χ0n) is 18.2. The van der Waals surface area contributed by atoms with Crippen LogP contribution in [0.1, 0.15) is 43.4 Å². The fraction of sp³-hybridized carbons (Fsp3) is 0.381. The summed E-state index contributed by atoms with van der Waals surface area (Å²) in [5, 5.41) is 4.35. The molecule has 0 aliphatic rings. The third-order valence-corrected chi connectivity index (χ3v) is 6.74. The summed E-state index contributed by atoms with van der Waals surface area (Å²) in [5.74, 6) is -0.910. The second kappa shape index (κ2) is 9.11. The van der Waals surface area contributed by atoms with Gasteiger partial charge in [0.15, 0.2) is 0 Å². The lowest BCUT2D eigenvalue weighted by Crippen LogP contribution is -2.46. The molecule has 0 amide bonds. The van der Waals surface area contributed by atoms with Crippen molar-refractivity contribution in [1.29, 1.82) is 0 Å². The third-order valence-electron chi connectivity index (χ3n) is 5.00. The molecule has 2 aromatic heterocycles. The first-order valence-corrected chi connectivity index (χ1v) is 11.3. The largest absolute Gasteiger partial charge is 0.416 e. The number of nitrogens with zero attached hydrogens (tertiary/aromatic N) is 4. The highest BCUT2D eigenvalue weighted by Gasteiger charge is 2.44. The molecular formula is C21H22ClF4N5OS. The Balaban J connectivity index is 2.35. The average Bonchev–Trinajstić information content (AvgIpc) is 3.14. The van der Waals surface area contributed by atoms with Gasteiger partial charge in [-0.05, 0) is 56.7 Å². The first kappa shape index (κ1) is 25.3. The van der Waals surface area contributed by atoms with E-state index in [4.69, 9.17) is 11.6 Å². The van der Waals surface area contributed by atoms with E-state index in [1.807, 2.05) is 0 Å². The number of alkyl halides is 3. The minimum Gasteiger partial charge on any atom is -0.258 e. The molecule has 1 N–H and O–H groups in total. The number of hydrogen-bond donors (Lipinski definition) is 1. The number of pyridine rings is 1. The molecule has 0 saturated heterocycles. The fourth-order valence-corrected chi connectivity index (χ4v) is 4.26. The van der Waals surface area contributed by atoms with Crippen LogP contribution in [0.2, 0.25) is 5.02 Å². The van der Waals surface area contributed by atoms with Crippen LogP contribution in [0.15, 0.2) is 42.9 Å². The lowest BCUT2D eigenvalue weighted by Gasteiger charge is -2.34. The van der Waals surface area contributed by atoms with E-state index >= 15 is 0 Å². The Labute approximate surface area is 196 Å². The van der Waals surface area contributed by atoms with Gasteiger partial charge < -0.3 is 0 Å². The van der Waals surface area contributed by atoms with E-state index in [1.54, 1.807) is 27.8 Å². The molecule has 0 aliphatic heterocycles. The Bertz CT molecular complexity index is 1160. The molecule has 33 heavy (non-hydrogen) atoms. The zero-order valence-corrected chi connectivity index (χ0v) is 19.8. The van der Waals surface area contributed by atoms with Gasteiger partial charge in [0.05, 0.1) is 32.0 Å². The average molecular weight is 504 g/mol. The summed E-state index contributed by atoms with van der Waals surface area (Å²) in [7, 11) is -0.0558. The minimum atomic E-state index is -4.79. The monoisotopic (exact) mass is 503 g/mol. The molecule has 3 aromatic rings. The van der Waals surface area contributed by atoms with Crippen molar-refractivity contribution in [2.45, 2.75) is 37.1 Å². The predicted octanol–water partition coefficient (Wildman–Crippen LogP) is 4.41. The third kappa shape index (κ3) is 5.25. The van der Waals surface area contributed by atoms with E-state index in [-0.39, 0.29) is 23.6 Å². The van der Waals surface area contributed by atoms with Gasteiger partial charge in [0, 0.05) is 19.8 Å². The lowest BCUT2D eigenvalue weighted by atomic mass is 9.75. The highest BCUT2D eigenvalue weighted by Crippen LogP contribution is 2.40. The maximum Gasteiger partial charge on any atom is 0.416 e. The van der Waals surface area contributed by atoms with Crippen molar-refractivity contribution in [2.75, 3.05) is 6.54 Å². The summed E-state index contributed by atoms with van der Waals surface area (Å²) < 4.78 is 71.7. The quantitative estimate of drug-likeness (QED) is 0.506. The van der Waals surface area contributed by atoms with Crippen LogP contribution in [0.4, 0.5) is 17.6 Å². The second-order valence-electron chi connectivity index (χ2n) is 8.40. The van der Waals surface area contributed by atoms with E-state index in [0.29, 0.717) is 11.1 Å². The Morgan fingerprint density at radius 1 is 1.09 bits per heavy atom. The van der Waals surface area contributed by atoms with E-state index in [1.165, 1.54) is 29.3 Å². The Morgan fingerprint density at radius 2 is 1.76 bits per heavy atom. The molecule has 0 fully saturated rings. The van der Waals surface area contributed by atoms with Gasteiger partial charge >= 0.3 is 6.18 Å². The highest BCUT2D eigenvalue weighted by molar-refractivity contribution is 7.84. The van der Waals surface area contributed by atoms with Crippen LogP contribution >= 0.6 is 11.6 Å². The van der Waals surface area contributed by atoms with Crippen LogP contribution in [0.5, 0.6) is 0 Å². The van der Waals surface area contributed by atoms with Crippen molar-refractivity contribution in [1.82, 2.24) is 24.5 Å². The number of nitrogens with one attached hydrogen (secondary N) is 1. The van der Waals surface area contributed by atoms with Crippen LogP contribution in [-0.4, -0.2) is 35.2 Å². The van der Waals surface area contributed by atoms with E-state index in [2.05, 4.69) is 19.8 Å². The number of aryl methyl sites for hydroxylation is 1. The van der Waals surface area contributed by atoms with Crippen molar-refractivity contribution >= 4 is 22.6 Å². The zero-order chi connectivity index (χ0) is 24.6. The minimum absolute atomic E-state index is 0.0841. The SMILES string of the molecule is Cn1ncnc1C(CNS(=O)C(C)(C)C)(c1cc(F)cc(C(F)(F)F)c1)c1ccc(Cl)cn1. The molecule has 1 aromatic carbocycles. The molecule has 178 valence electrons. The molecule has 12 heteroatoms. The number of halogens is 5. The Kier molecular flexibility index (Phi) is 6.97. The van der Waals surface area contributed by atoms with Gasteiger partial charge in [-0.25, -0.2) is 18.3 Å². The summed E-state index contributed by atoms with van der Waals surface area (Å²) >= 11 is 5.99. The van der Waals surface area contributed by atoms with Crippen LogP contribution in [0, 0.1) is 5.82 Å². The molecular weight excluding hydrogens is 482 g/mol. The lowest BCUT2D eigenvalue weighted by molar-refractivity contribution is -0.137. The van der Waals surface area contributed by atoms with Gasteiger partial charge in [-0.3, -0.25) is 9.67 Å².